The average molecular weight is 449 g/mol. The van der Waals surface area contributed by atoms with Crippen LogP contribution in [0.2, 0.25) is 0 Å². The van der Waals surface area contributed by atoms with Crippen molar-refractivity contribution in [2.24, 2.45) is 11.5 Å². The molecule has 1 amide bonds. The van der Waals surface area contributed by atoms with E-state index in [0.29, 0.717) is 47.3 Å². The number of carbonyl (C=O) groups is 2. The minimum Gasteiger partial charge on any atom is -0.364 e. The lowest BCUT2D eigenvalue weighted by atomic mass is 10.2. The summed E-state index contributed by atoms with van der Waals surface area (Å²) in [5, 5.41) is 13.5. The first kappa shape index (κ1) is 22.0. The fourth-order valence-electron chi connectivity index (χ4n) is 3.17. The van der Waals surface area contributed by atoms with E-state index in [2.05, 4.69) is 30.9 Å². The minimum absolute atomic E-state index is 0.0216. The molecular formula is C21H23N9O3. The maximum Gasteiger partial charge on any atom is 0.242 e. The van der Waals surface area contributed by atoms with Gasteiger partial charge in [0.05, 0.1) is 23.6 Å². The molecule has 4 rings (SSSR count). The average Bonchev–Trinajstić information content (AvgIpc) is 3.42. The zero-order valence-electron chi connectivity index (χ0n) is 17.9. The summed E-state index contributed by atoms with van der Waals surface area (Å²) in [4.78, 5) is 33.6. The first-order chi connectivity index (χ1) is 16.0. The van der Waals surface area contributed by atoms with Gasteiger partial charge in [-0.15, -0.1) is 0 Å². The molecule has 0 radical (unpaired) electrons. The number of aromatic nitrogens is 5. The SMILES string of the molecule is CC(N)C(=O)Nc1ccc(C(=O)Cn2c(-c3nonc3NCCN)nc3ccccc32)cn1. The van der Waals surface area contributed by atoms with Crippen LogP contribution in [-0.2, 0) is 11.3 Å². The highest BCUT2D eigenvalue weighted by molar-refractivity contribution is 5.98. The fourth-order valence-corrected chi connectivity index (χ4v) is 3.17. The summed E-state index contributed by atoms with van der Waals surface area (Å²) in [6.45, 7) is 2.42. The normalized spacial score (nSPS) is 12.0. The number of nitrogens with zero attached hydrogens (tertiary/aromatic N) is 5. The number of nitrogens with one attached hydrogen (secondary N) is 2. The number of pyridine rings is 1. The summed E-state index contributed by atoms with van der Waals surface area (Å²) in [6, 6.07) is 9.91. The Labute approximate surface area is 188 Å². The van der Waals surface area contributed by atoms with Gasteiger partial charge >= 0.3 is 0 Å². The number of rotatable bonds is 9. The molecule has 170 valence electrons. The van der Waals surface area contributed by atoms with E-state index in [1.807, 2.05) is 24.3 Å². The van der Waals surface area contributed by atoms with Gasteiger partial charge in [-0.25, -0.2) is 14.6 Å². The van der Waals surface area contributed by atoms with Crippen LogP contribution in [0.4, 0.5) is 11.6 Å². The maximum absolute atomic E-state index is 13.1. The molecule has 0 saturated heterocycles. The van der Waals surface area contributed by atoms with Gasteiger partial charge in [-0.05, 0) is 41.5 Å². The van der Waals surface area contributed by atoms with E-state index >= 15 is 0 Å². The van der Waals surface area contributed by atoms with E-state index in [4.69, 9.17) is 16.1 Å². The Morgan fingerprint density at radius 1 is 1.18 bits per heavy atom. The third kappa shape index (κ3) is 4.71. The predicted molar refractivity (Wildman–Crippen MR) is 121 cm³/mol. The molecule has 0 aliphatic carbocycles. The van der Waals surface area contributed by atoms with Crippen LogP contribution in [-0.4, -0.2) is 55.7 Å². The molecule has 0 aliphatic heterocycles. The van der Waals surface area contributed by atoms with Crippen LogP contribution in [0.15, 0.2) is 47.2 Å². The monoisotopic (exact) mass is 449 g/mol. The number of imidazole rings is 1. The van der Waals surface area contributed by atoms with Crippen molar-refractivity contribution in [1.29, 1.82) is 0 Å². The van der Waals surface area contributed by atoms with Crippen LogP contribution >= 0.6 is 0 Å². The van der Waals surface area contributed by atoms with Crippen molar-refractivity contribution in [2.75, 3.05) is 23.7 Å². The number of carbonyl (C=O) groups excluding carboxylic acids is 2. The lowest BCUT2D eigenvalue weighted by Gasteiger charge is -2.09. The largest absolute Gasteiger partial charge is 0.364 e. The highest BCUT2D eigenvalue weighted by Crippen LogP contribution is 2.28. The Bertz CT molecular complexity index is 1280. The second-order valence-corrected chi connectivity index (χ2v) is 7.32. The first-order valence-corrected chi connectivity index (χ1v) is 10.3. The minimum atomic E-state index is -0.670. The van der Waals surface area contributed by atoms with Crippen molar-refractivity contribution >= 4 is 34.4 Å². The second kappa shape index (κ2) is 9.54. The summed E-state index contributed by atoms with van der Waals surface area (Å²) in [7, 11) is 0. The molecule has 0 saturated carbocycles. The van der Waals surface area contributed by atoms with Crippen LogP contribution in [0, 0.1) is 0 Å². The maximum atomic E-state index is 13.1. The van der Waals surface area contributed by atoms with Gasteiger partial charge in [-0.1, -0.05) is 12.1 Å². The Kier molecular flexibility index (Phi) is 6.38. The van der Waals surface area contributed by atoms with E-state index in [0.717, 1.165) is 5.52 Å². The van der Waals surface area contributed by atoms with Crippen LogP contribution in [0.3, 0.4) is 0 Å². The number of anilines is 2. The number of Topliss-reactive ketones (excluding diaryl/α,β-unsaturated/α-hetero) is 1. The number of para-hydroxylation sites is 2. The van der Waals surface area contributed by atoms with E-state index in [9.17, 15) is 9.59 Å². The Balaban J connectivity index is 1.63. The summed E-state index contributed by atoms with van der Waals surface area (Å²) in [5.74, 6) is 0.563. The molecule has 12 nitrogen and oxygen atoms in total. The van der Waals surface area contributed by atoms with Gasteiger partial charge in [-0.3, -0.25) is 9.59 Å². The molecular weight excluding hydrogens is 426 g/mol. The highest BCUT2D eigenvalue weighted by Gasteiger charge is 2.22. The van der Waals surface area contributed by atoms with E-state index in [-0.39, 0.29) is 18.2 Å². The van der Waals surface area contributed by atoms with Crippen molar-refractivity contribution in [3.05, 3.63) is 48.2 Å². The van der Waals surface area contributed by atoms with Crippen LogP contribution < -0.4 is 22.1 Å². The Morgan fingerprint density at radius 2 is 2.00 bits per heavy atom. The van der Waals surface area contributed by atoms with Crippen molar-refractivity contribution in [3.8, 4) is 11.5 Å². The molecule has 0 bridgehead atoms. The quantitative estimate of drug-likeness (QED) is 0.269. The molecule has 0 fully saturated rings. The van der Waals surface area contributed by atoms with Crippen LogP contribution in [0.1, 0.15) is 17.3 Å². The Hall–Kier alpha value is -4.16. The van der Waals surface area contributed by atoms with Gasteiger partial charge < -0.3 is 26.7 Å². The van der Waals surface area contributed by atoms with Crippen molar-refractivity contribution < 1.29 is 14.2 Å². The zero-order valence-corrected chi connectivity index (χ0v) is 17.9. The molecule has 0 spiro atoms. The number of hydrogen-bond donors (Lipinski definition) is 4. The molecule has 1 unspecified atom stereocenters. The van der Waals surface area contributed by atoms with Gasteiger partial charge in [0.25, 0.3) is 0 Å². The second-order valence-electron chi connectivity index (χ2n) is 7.32. The van der Waals surface area contributed by atoms with Gasteiger partial charge in [0.15, 0.2) is 17.3 Å². The number of fused-ring (bicyclic) bond motifs is 1. The van der Waals surface area contributed by atoms with E-state index in [1.165, 1.54) is 6.20 Å². The smallest absolute Gasteiger partial charge is 0.242 e. The number of ketones is 1. The zero-order chi connectivity index (χ0) is 23.4. The summed E-state index contributed by atoms with van der Waals surface area (Å²) in [5.41, 5.74) is 13.3. The Morgan fingerprint density at radius 3 is 2.73 bits per heavy atom. The molecule has 6 N–H and O–H groups in total. The van der Waals surface area contributed by atoms with E-state index < -0.39 is 6.04 Å². The predicted octanol–water partition coefficient (Wildman–Crippen LogP) is 1.02. The molecule has 3 heterocycles. The van der Waals surface area contributed by atoms with Gasteiger partial charge in [-0.2, -0.15) is 0 Å². The summed E-state index contributed by atoms with van der Waals surface area (Å²) < 4.78 is 6.65. The van der Waals surface area contributed by atoms with Crippen molar-refractivity contribution in [3.63, 3.8) is 0 Å². The molecule has 33 heavy (non-hydrogen) atoms. The van der Waals surface area contributed by atoms with Crippen LogP contribution in [0.25, 0.3) is 22.6 Å². The third-order valence-corrected chi connectivity index (χ3v) is 4.84. The van der Waals surface area contributed by atoms with Gasteiger partial charge in [0.2, 0.25) is 11.7 Å². The number of nitrogens with two attached hydrogens (primary N) is 2. The number of amides is 1. The number of benzene rings is 1. The lowest BCUT2D eigenvalue weighted by molar-refractivity contribution is -0.117. The van der Waals surface area contributed by atoms with E-state index in [1.54, 1.807) is 23.6 Å². The van der Waals surface area contributed by atoms with Gasteiger partial charge in [0.1, 0.15) is 5.82 Å². The standard InChI is InChI=1S/C21H23N9O3/c1-12(23)21(32)27-17-7-6-13(10-25-17)16(31)11-30-15-5-3-2-4-14(15)26-20(30)18-19(24-9-8-22)29-33-28-18/h2-7,10,12H,8-9,11,22-23H2,1H3,(H,24,29)(H,25,27,32). The molecule has 0 aliphatic rings. The highest BCUT2D eigenvalue weighted by atomic mass is 16.6. The van der Waals surface area contributed by atoms with Gasteiger partial charge in [0, 0.05) is 24.8 Å². The summed E-state index contributed by atoms with van der Waals surface area (Å²) in [6.07, 6.45) is 1.41. The first-order valence-electron chi connectivity index (χ1n) is 10.3. The fraction of sp³-hybridized carbons (Fsp3) is 0.238. The summed E-state index contributed by atoms with van der Waals surface area (Å²) >= 11 is 0. The van der Waals surface area contributed by atoms with Crippen LogP contribution in [0.5, 0.6) is 0 Å². The molecule has 12 heteroatoms. The molecule has 1 atom stereocenters. The molecule has 1 aromatic carbocycles. The third-order valence-electron chi connectivity index (χ3n) is 4.84. The number of hydrogen-bond acceptors (Lipinski definition) is 10. The topological polar surface area (TPSA) is 180 Å². The van der Waals surface area contributed by atoms with Crippen molar-refractivity contribution in [1.82, 2.24) is 24.8 Å². The molecule has 3 aromatic heterocycles. The van der Waals surface area contributed by atoms with Crippen molar-refractivity contribution in [2.45, 2.75) is 19.5 Å². The molecule has 4 aromatic rings. The lowest BCUT2D eigenvalue weighted by Crippen LogP contribution is -2.32.